The summed E-state index contributed by atoms with van der Waals surface area (Å²) < 4.78 is 5.66. The van der Waals surface area contributed by atoms with E-state index >= 15 is 0 Å². The lowest BCUT2D eigenvalue weighted by molar-refractivity contribution is -0.137. The van der Waals surface area contributed by atoms with Crippen LogP contribution in [0.25, 0.3) is 0 Å². The Bertz CT molecular complexity index is 422. The summed E-state index contributed by atoms with van der Waals surface area (Å²) in [5.74, 6) is -0.0213. The molecular weight excluding hydrogens is 288 g/mol. The molecule has 2 atom stereocenters. The Morgan fingerprint density at radius 1 is 1.43 bits per heavy atom. The Morgan fingerprint density at radius 2 is 2.14 bits per heavy atom. The van der Waals surface area contributed by atoms with Crippen molar-refractivity contribution in [1.29, 1.82) is 0 Å². The van der Waals surface area contributed by atoms with Gasteiger partial charge in [-0.3, -0.25) is 4.79 Å². The molecule has 4 nitrogen and oxygen atoms in total. The summed E-state index contributed by atoms with van der Waals surface area (Å²) in [6.45, 7) is 4.37. The molecule has 1 aliphatic rings. The number of carbonyl (C=O) groups excluding carboxylic acids is 1. The molecule has 1 aliphatic heterocycles. The van der Waals surface area contributed by atoms with Crippen molar-refractivity contribution < 1.29 is 9.53 Å². The minimum absolute atomic E-state index is 0. The van der Waals surface area contributed by atoms with Gasteiger partial charge in [0.25, 0.3) is 0 Å². The van der Waals surface area contributed by atoms with Gasteiger partial charge in [0.2, 0.25) is 5.91 Å². The lowest BCUT2D eigenvalue weighted by atomic mass is 10.1. The molecule has 0 aliphatic carbocycles. The highest BCUT2D eigenvalue weighted by Crippen LogP contribution is 2.16. The number of ether oxygens (including phenoxy) is 1. The summed E-state index contributed by atoms with van der Waals surface area (Å²) in [4.78, 5) is 14.3. The topological polar surface area (TPSA) is 55.6 Å². The molecule has 2 unspecified atom stereocenters. The van der Waals surface area contributed by atoms with Crippen LogP contribution < -0.4 is 5.73 Å². The van der Waals surface area contributed by atoms with Crippen LogP contribution in [-0.2, 0) is 16.1 Å². The maximum atomic E-state index is 12.5. The van der Waals surface area contributed by atoms with Gasteiger partial charge in [0.05, 0.1) is 6.10 Å². The molecule has 2 N–H and O–H groups in total. The number of nitrogens with zero attached hydrogens (tertiary/aromatic N) is 1. The molecule has 0 saturated carbocycles. The first-order valence-corrected chi connectivity index (χ1v) is 7.35. The van der Waals surface area contributed by atoms with Crippen molar-refractivity contribution in [3.05, 3.63) is 35.9 Å². The average Bonchev–Trinajstić information content (AvgIpc) is 2.99. The minimum atomic E-state index is -0.139. The van der Waals surface area contributed by atoms with Crippen LogP contribution in [-0.4, -0.2) is 36.6 Å². The van der Waals surface area contributed by atoms with Crippen molar-refractivity contribution in [2.75, 3.05) is 19.7 Å². The molecule has 5 heteroatoms. The van der Waals surface area contributed by atoms with Crippen molar-refractivity contribution in [2.24, 2.45) is 11.7 Å². The molecule has 0 radical (unpaired) electrons. The normalized spacial score (nSPS) is 18.9. The highest BCUT2D eigenvalue weighted by Gasteiger charge is 2.25. The van der Waals surface area contributed by atoms with Crippen LogP contribution in [0.5, 0.6) is 0 Å². The van der Waals surface area contributed by atoms with Crippen LogP contribution >= 0.6 is 12.4 Å². The first-order chi connectivity index (χ1) is 9.70. The van der Waals surface area contributed by atoms with Crippen LogP contribution in [0.2, 0.25) is 0 Å². The number of rotatable bonds is 6. The zero-order valence-corrected chi connectivity index (χ0v) is 13.3. The Morgan fingerprint density at radius 3 is 2.71 bits per heavy atom. The van der Waals surface area contributed by atoms with E-state index in [9.17, 15) is 4.79 Å². The second kappa shape index (κ2) is 9.03. The monoisotopic (exact) mass is 312 g/mol. The van der Waals surface area contributed by atoms with E-state index in [4.69, 9.17) is 10.5 Å². The molecule has 1 fully saturated rings. The van der Waals surface area contributed by atoms with E-state index in [1.807, 2.05) is 42.2 Å². The van der Waals surface area contributed by atoms with Gasteiger partial charge >= 0.3 is 0 Å². The number of hydrogen-bond acceptors (Lipinski definition) is 3. The predicted molar refractivity (Wildman–Crippen MR) is 86.3 cm³/mol. The van der Waals surface area contributed by atoms with Crippen molar-refractivity contribution in [1.82, 2.24) is 4.90 Å². The largest absolute Gasteiger partial charge is 0.376 e. The lowest BCUT2D eigenvalue weighted by Crippen LogP contribution is -2.41. The first kappa shape index (κ1) is 18.0. The second-order valence-corrected chi connectivity index (χ2v) is 5.48. The SMILES string of the molecule is CC(CN)C(=O)N(Cc1ccccc1)CC1CCCO1.Cl. The fourth-order valence-electron chi connectivity index (χ4n) is 2.48. The Kier molecular flexibility index (Phi) is 7.72. The van der Waals surface area contributed by atoms with Crippen molar-refractivity contribution in [3.8, 4) is 0 Å². The predicted octanol–water partition coefficient (Wildman–Crippen LogP) is 2.21. The van der Waals surface area contributed by atoms with Gasteiger partial charge < -0.3 is 15.4 Å². The third-order valence-corrected chi connectivity index (χ3v) is 3.75. The van der Waals surface area contributed by atoms with E-state index < -0.39 is 0 Å². The van der Waals surface area contributed by atoms with Crippen LogP contribution in [0, 0.1) is 5.92 Å². The molecule has 1 amide bonds. The summed E-state index contributed by atoms with van der Waals surface area (Å²) in [6.07, 6.45) is 2.30. The Hall–Kier alpha value is -1.10. The molecule has 0 aromatic heterocycles. The van der Waals surface area contributed by atoms with Crippen molar-refractivity contribution in [3.63, 3.8) is 0 Å². The zero-order valence-electron chi connectivity index (χ0n) is 12.5. The summed E-state index contributed by atoms with van der Waals surface area (Å²) in [7, 11) is 0. The fourth-order valence-corrected chi connectivity index (χ4v) is 2.48. The molecule has 1 aromatic carbocycles. The van der Waals surface area contributed by atoms with Gasteiger partial charge in [0.1, 0.15) is 0 Å². The van der Waals surface area contributed by atoms with Crippen LogP contribution in [0.1, 0.15) is 25.3 Å². The quantitative estimate of drug-likeness (QED) is 0.876. The molecule has 2 rings (SSSR count). The second-order valence-electron chi connectivity index (χ2n) is 5.48. The van der Waals surface area contributed by atoms with Gasteiger partial charge in [-0.15, -0.1) is 12.4 Å². The summed E-state index contributed by atoms with van der Waals surface area (Å²) in [6, 6.07) is 10.1. The maximum absolute atomic E-state index is 12.5. The highest BCUT2D eigenvalue weighted by atomic mass is 35.5. The Balaban J connectivity index is 0.00000220. The van der Waals surface area contributed by atoms with Gasteiger partial charge in [-0.1, -0.05) is 37.3 Å². The van der Waals surface area contributed by atoms with E-state index in [1.54, 1.807) is 0 Å². The Labute approximate surface area is 133 Å². The van der Waals surface area contributed by atoms with Gasteiger partial charge in [0.15, 0.2) is 0 Å². The average molecular weight is 313 g/mol. The number of amides is 1. The van der Waals surface area contributed by atoms with Crippen LogP contribution in [0.3, 0.4) is 0 Å². The molecular formula is C16H25ClN2O2. The van der Waals surface area contributed by atoms with E-state index in [0.29, 0.717) is 19.6 Å². The van der Waals surface area contributed by atoms with Gasteiger partial charge in [-0.25, -0.2) is 0 Å². The van der Waals surface area contributed by atoms with Crippen LogP contribution in [0.15, 0.2) is 30.3 Å². The molecule has 1 aromatic rings. The number of carbonyl (C=O) groups is 1. The van der Waals surface area contributed by atoms with Gasteiger partial charge in [0, 0.05) is 32.2 Å². The maximum Gasteiger partial charge on any atom is 0.227 e. The van der Waals surface area contributed by atoms with Crippen molar-refractivity contribution in [2.45, 2.75) is 32.4 Å². The zero-order chi connectivity index (χ0) is 14.4. The third-order valence-electron chi connectivity index (χ3n) is 3.75. The van der Waals surface area contributed by atoms with E-state index in [2.05, 4.69) is 0 Å². The fraction of sp³-hybridized carbons (Fsp3) is 0.562. The van der Waals surface area contributed by atoms with E-state index in [1.165, 1.54) is 0 Å². The van der Waals surface area contributed by atoms with Gasteiger partial charge in [-0.2, -0.15) is 0 Å². The number of nitrogens with two attached hydrogens (primary N) is 1. The smallest absolute Gasteiger partial charge is 0.227 e. The molecule has 118 valence electrons. The van der Waals surface area contributed by atoms with E-state index in [-0.39, 0.29) is 30.3 Å². The molecule has 0 bridgehead atoms. The number of benzene rings is 1. The molecule has 1 heterocycles. The first-order valence-electron chi connectivity index (χ1n) is 7.35. The summed E-state index contributed by atoms with van der Waals surface area (Å²) in [5.41, 5.74) is 6.78. The third kappa shape index (κ3) is 5.30. The minimum Gasteiger partial charge on any atom is -0.376 e. The van der Waals surface area contributed by atoms with Crippen molar-refractivity contribution >= 4 is 18.3 Å². The highest BCUT2D eigenvalue weighted by molar-refractivity contribution is 5.85. The van der Waals surface area contributed by atoms with E-state index in [0.717, 1.165) is 25.0 Å². The number of hydrogen-bond donors (Lipinski definition) is 1. The molecule has 1 saturated heterocycles. The lowest BCUT2D eigenvalue weighted by Gasteiger charge is -2.28. The van der Waals surface area contributed by atoms with Crippen LogP contribution in [0.4, 0.5) is 0 Å². The molecule has 21 heavy (non-hydrogen) atoms. The standard InChI is InChI=1S/C16H24N2O2.ClH/c1-13(10-17)16(19)18(12-15-8-5-9-20-15)11-14-6-3-2-4-7-14;/h2-4,6-7,13,15H,5,8-12,17H2,1H3;1H. The van der Waals surface area contributed by atoms with Gasteiger partial charge in [-0.05, 0) is 18.4 Å². The summed E-state index contributed by atoms with van der Waals surface area (Å²) >= 11 is 0. The summed E-state index contributed by atoms with van der Waals surface area (Å²) in [5, 5.41) is 0. The molecule has 0 spiro atoms. The number of halogens is 1.